The van der Waals surface area contributed by atoms with Gasteiger partial charge in [0.1, 0.15) is 0 Å². The topological polar surface area (TPSA) is 12.9 Å². The molecule has 0 amide bonds. The highest BCUT2D eigenvalue weighted by atomic mass is 32.2. The van der Waals surface area contributed by atoms with Crippen molar-refractivity contribution in [1.82, 2.24) is 4.98 Å². The molecule has 0 saturated heterocycles. The third-order valence-electron chi connectivity index (χ3n) is 2.63. The number of pyridine rings is 1. The summed E-state index contributed by atoms with van der Waals surface area (Å²) in [5.74, 6) is 0.974. The molecule has 0 aromatic carbocycles. The van der Waals surface area contributed by atoms with Gasteiger partial charge in [-0.05, 0) is 37.3 Å². The fourth-order valence-electron chi connectivity index (χ4n) is 1.72. The van der Waals surface area contributed by atoms with E-state index in [9.17, 15) is 0 Å². The average molecular weight is 207 g/mol. The van der Waals surface area contributed by atoms with Crippen LogP contribution in [-0.4, -0.2) is 10.2 Å². The molecule has 0 aliphatic heterocycles. The summed E-state index contributed by atoms with van der Waals surface area (Å²) < 4.78 is 0. The molecule has 1 aromatic rings. The van der Waals surface area contributed by atoms with E-state index < -0.39 is 0 Å². The van der Waals surface area contributed by atoms with Gasteiger partial charge < -0.3 is 0 Å². The summed E-state index contributed by atoms with van der Waals surface area (Å²) in [5.41, 5.74) is 0. The zero-order valence-electron chi connectivity index (χ0n) is 8.65. The Hall–Kier alpha value is -0.500. The molecule has 1 heterocycles. The van der Waals surface area contributed by atoms with Gasteiger partial charge in [0, 0.05) is 11.4 Å². The Kier molecular flexibility index (Phi) is 3.46. The molecule has 14 heavy (non-hydrogen) atoms. The van der Waals surface area contributed by atoms with Crippen molar-refractivity contribution in [2.24, 2.45) is 5.92 Å². The lowest BCUT2D eigenvalue weighted by Crippen LogP contribution is -2.04. The van der Waals surface area contributed by atoms with Crippen LogP contribution in [0.5, 0.6) is 0 Å². The van der Waals surface area contributed by atoms with Crippen LogP contribution in [0.3, 0.4) is 0 Å². The third kappa shape index (κ3) is 2.74. The van der Waals surface area contributed by atoms with Crippen LogP contribution in [0.2, 0.25) is 0 Å². The molecule has 1 fully saturated rings. The second-order valence-corrected chi connectivity index (χ2v) is 5.21. The van der Waals surface area contributed by atoms with E-state index in [0.29, 0.717) is 0 Å². The molecule has 1 saturated carbocycles. The predicted octanol–water partition coefficient (Wildman–Crippen LogP) is 3.75. The van der Waals surface area contributed by atoms with E-state index in [1.165, 1.54) is 30.7 Å². The lowest BCUT2D eigenvalue weighted by Gasteiger charge is -2.13. The van der Waals surface area contributed by atoms with Crippen molar-refractivity contribution in [3.8, 4) is 0 Å². The summed E-state index contributed by atoms with van der Waals surface area (Å²) in [6.07, 6.45) is 7.39. The molecule has 76 valence electrons. The number of hydrogen-bond acceptors (Lipinski definition) is 2. The standard InChI is InChI=1S/C12H17NS/c1-2-5-11(10-7-8-10)14-12-6-3-4-9-13-12/h3-4,6,9-11H,2,5,7-8H2,1H3. The Morgan fingerprint density at radius 1 is 1.50 bits per heavy atom. The van der Waals surface area contributed by atoms with Gasteiger partial charge in [-0.3, -0.25) is 0 Å². The molecule has 0 N–H and O–H groups in total. The van der Waals surface area contributed by atoms with E-state index in [0.717, 1.165) is 11.2 Å². The van der Waals surface area contributed by atoms with Crippen molar-refractivity contribution in [3.63, 3.8) is 0 Å². The molecule has 1 nitrogen and oxygen atoms in total. The molecule has 1 aliphatic rings. The van der Waals surface area contributed by atoms with Gasteiger partial charge >= 0.3 is 0 Å². The smallest absolute Gasteiger partial charge is 0.0962 e. The maximum Gasteiger partial charge on any atom is 0.0962 e. The van der Waals surface area contributed by atoms with Crippen LogP contribution in [-0.2, 0) is 0 Å². The second-order valence-electron chi connectivity index (χ2n) is 3.95. The van der Waals surface area contributed by atoms with Crippen LogP contribution in [0.25, 0.3) is 0 Å². The zero-order valence-corrected chi connectivity index (χ0v) is 9.46. The number of hydrogen-bond donors (Lipinski definition) is 0. The molecular weight excluding hydrogens is 190 g/mol. The zero-order chi connectivity index (χ0) is 9.80. The Morgan fingerprint density at radius 3 is 2.93 bits per heavy atom. The first-order chi connectivity index (χ1) is 6.90. The SMILES string of the molecule is CCCC(Sc1ccccn1)C1CC1. The largest absolute Gasteiger partial charge is 0.250 e. The first kappa shape index (κ1) is 10.0. The van der Waals surface area contributed by atoms with Crippen molar-refractivity contribution in [3.05, 3.63) is 24.4 Å². The molecule has 0 radical (unpaired) electrons. The van der Waals surface area contributed by atoms with Crippen molar-refractivity contribution in [2.75, 3.05) is 0 Å². The van der Waals surface area contributed by atoms with Gasteiger partial charge in [-0.25, -0.2) is 4.98 Å². The number of thioether (sulfide) groups is 1. The van der Waals surface area contributed by atoms with Gasteiger partial charge in [-0.2, -0.15) is 0 Å². The molecule has 1 aliphatic carbocycles. The summed E-state index contributed by atoms with van der Waals surface area (Å²) in [4.78, 5) is 4.37. The van der Waals surface area contributed by atoms with Crippen LogP contribution in [0, 0.1) is 5.92 Å². The second kappa shape index (κ2) is 4.83. The van der Waals surface area contributed by atoms with Gasteiger partial charge in [0.2, 0.25) is 0 Å². The molecular formula is C12H17NS. The quantitative estimate of drug-likeness (QED) is 0.682. The molecule has 1 aromatic heterocycles. The van der Waals surface area contributed by atoms with Crippen molar-refractivity contribution < 1.29 is 0 Å². The summed E-state index contributed by atoms with van der Waals surface area (Å²) in [7, 11) is 0. The molecule has 2 heteroatoms. The highest BCUT2D eigenvalue weighted by Gasteiger charge is 2.31. The van der Waals surface area contributed by atoms with Crippen molar-refractivity contribution >= 4 is 11.8 Å². The molecule has 1 unspecified atom stereocenters. The van der Waals surface area contributed by atoms with E-state index >= 15 is 0 Å². The van der Waals surface area contributed by atoms with Crippen molar-refractivity contribution in [1.29, 1.82) is 0 Å². The highest BCUT2D eigenvalue weighted by Crippen LogP contribution is 2.43. The Labute approximate surface area is 90.3 Å². The van der Waals surface area contributed by atoms with E-state index in [1.54, 1.807) is 0 Å². The van der Waals surface area contributed by atoms with Crippen LogP contribution in [0.15, 0.2) is 29.4 Å². The van der Waals surface area contributed by atoms with E-state index in [-0.39, 0.29) is 0 Å². The minimum Gasteiger partial charge on any atom is -0.250 e. The highest BCUT2D eigenvalue weighted by molar-refractivity contribution is 7.99. The summed E-state index contributed by atoms with van der Waals surface area (Å²) in [6.45, 7) is 2.27. The van der Waals surface area contributed by atoms with E-state index in [1.807, 2.05) is 24.0 Å². The first-order valence-electron chi connectivity index (χ1n) is 5.48. The Morgan fingerprint density at radius 2 is 2.36 bits per heavy atom. The minimum atomic E-state index is 0.815. The number of aromatic nitrogens is 1. The fraction of sp³-hybridized carbons (Fsp3) is 0.583. The van der Waals surface area contributed by atoms with Crippen molar-refractivity contribution in [2.45, 2.75) is 42.9 Å². The Bertz CT molecular complexity index is 269. The third-order valence-corrected chi connectivity index (χ3v) is 4.04. The maximum absolute atomic E-state index is 4.37. The molecule has 0 bridgehead atoms. The van der Waals surface area contributed by atoms with Gasteiger partial charge in [-0.1, -0.05) is 19.4 Å². The predicted molar refractivity (Wildman–Crippen MR) is 61.5 cm³/mol. The number of rotatable bonds is 5. The monoisotopic (exact) mass is 207 g/mol. The van der Waals surface area contributed by atoms with Gasteiger partial charge in [0.25, 0.3) is 0 Å². The summed E-state index contributed by atoms with van der Waals surface area (Å²) >= 11 is 1.97. The lowest BCUT2D eigenvalue weighted by molar-refractivity contribution is 0.672. The van der Waals surface area contributed by atoms with Crippen LogP contribution in [0.1, 0.15) is 32.6 Å². The van der Waals surface area contributed by atoms with Gasteiger partial charge in [-0.15, -0.1) is 11.8 Å². The maximum atomic E-state index is 4.37. The normalized spacial score (nSPS) is 18.1. The molecule has 2 rings (SSSR count). The van der Waals surface area contributed by atoms with Gasteiger partial charge in [0.15, 0.2) is 0 Å². The molecule has 0 spiro atoms. The van der Waals surface area contributed by atoms with Crippen LogP contribution >= 0.6 is 11.8 Å². The van der Waals surface area contributed by atoms with Gasteiger partial charge in [0.05, 0.1) is 5.03 Å². The van der Waals surface area contributed by atoms with Crippen LogP contribution in [0.4, 0.5) is 0 Å². The fourth-order valence-corrected chi connectivity index (χ4v) is 3.12. The van der Waals surface area contributed by atoms with E-state index in [4.69, 9.17) is 0 Å². The average Bonchev–Trinajstić information content (AvgIpc) is 3.02. The minimum absolute atomic E-state index is 0.815. The summed E-state index contributed by atoms with van der Waals surface area (Å²) in [5, 5.41) is 2.01. The lowest BCUT2D eigenvalue weighted by atomic mass is 10.2. The first-order valence-corrected chi connectivity index (χ1v) is 6.36. The molecule has 1 atom stereocenters. The summed E-state index contributed by atoms with van der Waals surface area (Å²) in [6, 6.07) is 6.18. The van der Waals surface area contributed by atoms with Crippen LogP contribution < -0.4 is 0 Å². The Balaban J connectivity index is 1.93. The number of nitrogens with zero attached hydrogens (tertiary/aromatic N) is 1. The van der Waals surface area contributed by atoms with E-state index in [2.05, 4.69) is 24.0 Å².